The summed E-state index contributed by atoms with van der Waals surface area (Å²) in [5.41, 5.74) is 7.45. The van der Waals surface area contributed by atoms with Gasteiger partial charge in [0.25, 0.3) is 5.91 Å². The lowest BCUT2D eigenvalue weighted by atomic mass is 10.1. The summed E-state index contributed by atoms with van der Waals surface area (Å²) in [6.07, 6.45) is 1.04. The number of aromatic nitrogens is 1. The first-order valence-electron chi connectivity index (χ1n) is 5.36. The normalized spacial score (nSPS) is 10.1. The number of carbonyl (C=O) groups is 1. The van der Waals surface area contributed by atoms with E-state index in [0.29, 0.717) is 11.3 Å². The van der Waals surface area contributed by atoms with Crippen molar-refractivity contribution in [1.82, 2.24) is 4.98 Å². The summed E-state index contributed by atoms with van der Waals surface area (Å²) in [5.74, 6) is -0.541. The summed E-state index contributed by atoms with van der Waals surface area (Å²) in [6, 6.07) is 7.81. The zero-order valence-electron chi connectivity index (χ0n) is 9.77. The first-order chi connectivity index (χ1) is 8.58. The fraction of sp³-hybridized carbons (Fsp3) is 0.0769. The molecule has 5 heteroatoms. The molecule has 0 spiro atoms. The summed E-state index contributed by atoms with van der Waals surface area (Å²) in [4.78, 5) is 15.7. The fourth-order valence-electron chi connectivity index (χ4n) is 1.51. The zero-order chi connectivity index (χ0) is 13.1. The molecule has 0 bridgehead atoms. The molecule has 1 amide bonds. The number of hydrogen-bond acceptors (Lipinski definition) is 3. The van der Waals surface area contributed by atoms with Crippen LogP contribution in [0.1, 0.15) is 15.9 Å². The Balaban J connectivity index is 2.22. The second kappa shape index (κ2) is 4.83. The summed E-state index contributed by atoms with van der Waals surface area (Å²) < 4.78 is 12.7. The van der Waals surface area contributed by atoms with Crippen molar-refractivity contribution < 1.29 is 9.18 Å². The van der Waals surface area contributed by atoms with E-state index in [-0.39, 0.29) is 11.7 Å². The number of anilines is 2. The van der Waals surface area contributed by atoms with Gasteiger partial charge in [-0.1, -0.05) is 12.1 Å². The molecule has 0 unspecified atom stereocenters. The topological polar surface area (TPSA) is 68.0 Å². The molecule has 0 radical (unpaired) electrons. The number of rotatable bonds is 2. The molecule has 0 fully saturated rings. The quantitative estimate of drug-likeness (QED) is 0.798. The Bertz CT molecular complexity index is 581. The molecular formula is C13H12FN3O. The van der Waals surface area contributed by atoms with E-state index in [1.807, 2.05) is 13.0 Å². The minimum atomic E-state index is -0.455. The Hall–Kier alpha value is -2.43. The second-order valence-corrected chi connectivity index (χ2v) is 3.85. The van der Waals surface area contributed by atoms with Crippen LogP contribution in [0.5, 0.6) is 0 Å². The number of nitrogens with zero attached hydrogens (tertiary/aromatic N) is 1. The van der Waals surface area contributed by atoms with E-state index < -0.39 is 5.82 Å². The minimum Gasteiger partial charge on any atom is -0.398 e. The zero-order valence-corrected chi connectivity index (χ0v) is 9.77. The highest BCUT2D eigenvalue weighted by atomic mass is 19.1. The number of benzene rings is 1. The van der Waals surface area contributed by atoms with E-state index in [1.165, 1.54) is 12.1 Å². The smallest absolute Gasteiger partial charge is 0.258 e. The van der Waals surface area contributed by atoms with Crippen LogP contribution in [0.2, 0.25) is 0 Å². The van der Waals surface area contributed by atoms with Gasteiger partial charge in [0, 0.05) is 5.69 Å². The molecule has 1 heterocycles. The van der Waals surface area contributed by atoms with Gasteiger partial charge < -0.3 is 11.1 Å². The van der Waals surface area contributed by atoms with Gasteiger partial charge in [0.1, 0.15) is 11.6 Å². The first kappa shape index (κ1) is 12.0. The van der Waals surface area contributed by atoms with Crippen LogP contribution >= 0.6 is 0 Å². The molecule has 4 nitrogen and oxygen atoms in total. The maximum absolute atomic E-state index is 12.7. The number of para-hydroxylation sites is 1. The third-order valence-corrected chi connectivity index (χ3v) is 2.54. The van der Waals surface area contributed by atoms with Crippen LogP contribution in [-0.4, -0.2) is 10.9 Å². The molecule has 2 rings (SSSR count). The third kappa shape index (κ3) is 2.45. The number of halogens is 1. The molecule has 0 atom stereocenters. The highest BCUT2D eigenvalue weighted by Crippen LogP contribution is 2.17. The average Bonchev–Trinajstić information content (AvgIpc) is 2.35. The fourth-order valence-corrected chi connectivity index (χ4v) is 1.51. The van der Waals surface area contributed by atoms with Gasteiger partial charge in [-0.15, -0.1) is 0 Å². The van der Waals surface area contributed by atoms with Crippen molar-refractivity contribution in [2.24, 2.45) is 0 Å². The standard InChI is InChI=1S/C13H12FN3O/c1-8-3-2-4-10(12(8)15)13(18)17-11-6-5-9(14)7-16-11/h2-7H,15H2,1H3,(H,16,17,18). The van der Waals surface area contributed by atoms with Gasteiger partial charge in [0.2, 0.25) is 0 Å². The monoisotopic (exact) mass is 245 g/mol. The van der Waals surface area contributed by atoms with Gasteiger partial charge >= 0.3 is 0 Å². The molecule has 92 valence electrons. The first-order valence-corrected chi connectivity index (χ1v) is 5.36. The van der Waals surface area contributed by atoms with E-state index in [9.17, 15) is 9.18 Å². The van der Waals surface area contributed by atoms with E-state index in [4.69, 9.17) is 5.73 Å². The number of hydrogen-bond donors (Lipinski definition) is 2. The van der Waals surface area contributed by atoms with Crippen LogP contribution in [0.25, 0.3) is 0 Å². The van der Waals surface area contributed by atoms with Crippen LogP contribution < -0.4 is 11.1 Å². The van der Waals surface area contributed by atoms with Gasteiger partial charge in [0.05, 0.1) is 11.8 Å². The molecule has 0 saturated heterocycles. The minimum absolute atomic E-state index is 0.280. The second-order valence-electron chi connectivity index (χ2n) is 3.85. The average molecular weight is 245 g/mol. The van der Waals surface area contributed by atoms with Gasteiger partial charge in [0.15, 0.2) is 0 Å². The van der Waals surface area contributed by atoms with Crippen LogP contribution in [0.4, 0.5) is 15.9 Å². The lowest BCUT2D eigenvalue weighted by Gasteiger charge is -2.08. The van der Waals surface area contributed by atoms with Crippen LogP contribution in [0, 0.1) is 12.7 Å². The molecule has 0 aliphatic rings. The van der Waals surface area contributed by atoms with Crippen LogP contribution in [0.3, 0.4) is 0 Å². The molecule has 0 aliphatic heterocycles. The number of nitrogen functional groups attached to an aromatic ring is 1. The van der Waals surface area contributed by atoms with Gasteiger partial charge in [-0.3, -0.25) is 4.79 Å². The van der Waals surface area contributed by atoms with Crippen molar-refractivity contribution >= 4 is 17.4 Å². The van der Waals surface area contributed by atoms with Gasteiger partial charge in [-0.25, -0.2) is 9.37 Å². The third-order valence-electron chi connectivity index (χ3n) is 2.54. The Labute approximate surface area is 104 Å². The number of aryl methyl sites for hydroxylation is 1. The van der Waals surface area contributed by atoms with Crippen molar-refractivity contribution in [2.75, 3.05) is 11.1 Å². The van der Waals surface area contributed by atoms with Crippen molar-refractivity contribution in [3.8, 4) is 0 Å². The lowest BCUT2D eigenvalue weighted by Crippen LogP contribution is -2.15. The predicted octanol–water partition coefficient (Wildman–Crippen LogP) is 2.36. The molecule has 1 aromatic heterocycles. The van der Waals surface area contributed by atoms with E-state index in [0.717, 1.165) is 11.8 Å². The van der Waals surface area contributed by atoms with Crippen molar-refractivity contribution in [3.63, 3.8) is 0 Å². The summed E-state index contributed by atoms with van der Waals surface area (Å²) in [5, 5.41) is 2.56. The Morgan fingerprint density at radius 3 is 2.78 bits per heavy atom. The van der Waals surface area contributed by atoms with Crippen LogP contribution in [-0.2, 0) is 0 Å². The Morgan fingerprint density at radius 1 is 1.33 bits per heavy atom. The largest absolute Gasteiger partial charge is 0.398 e. The van der Waals surface area contributed by atoms with Crippen molar-refractivity contribution in [3.05, 3.63) is 53.5 Å². The SMILES string of the molecule is Cc1cccc(C(=O)Nc2ccc(F)cn2)c1N. The van der Waals surface area contributed by atoms with Crippen LogP contribution in [0.15, 0.2) is 36.5 Å². The van der Waals surface area contributed by atoms with Crippen molar-refractivity contribution in [2.45, 2.75) is 6.92 Å². The van der Waals surface area contributed by atoms with E-state index in [1.54, 1.807) is 12.1 Å². The molecule has 2 aromatic rings. The van der Waals surface area contributed by atoms with E-state index >= 15 is 0 Å². The predicted molar refractivity (Wildman–Crippen MR) is 67.7 cm³/mol. The van der Waals surface area contributed by atoms with Gasteiger partial charge in [-0.05, 0) is 30.7 Å². The Kier molecular flexibility index (Phi) is 3.23. The molecule has 18 heavy (non-hydrogen) atoms. The van der Waals surface area contributed by atoms with E-state index in [2.05, 4.69) is 10.3 Å². The summed E-state index contributed by atoms with van der Waals surface area (Å²) in [6.45, 7) is 1.82. The molecule has 1 aromatic carbocycles. The maximum Gasteiger partial charge on any atom is 0.258 e. The number of pyridine rings is 1. The maximum atomic E-state index is 12.7. The lowest BCUT2D eigenvalue weighted by molar-refractivity contribution is 0.102. The summed E-state index contributed by atoms with van der Waals surface area (Å²) >= 11 is 0. The van der Waals surface area contributed by atoms with Crippen molar-refractivity contribution in [1.29, 1.82) is 0 Å². The molecule has 0 saturated carbocycles. The van der Waals surface area contributed by atoms with Gasteiger partial charge in [-0.2, -0.15) is 0 Å². The summed E-state index contributed by atoms with van der Waals surface area (Å²) in [7, 11) is 0. The number of nitrogens with one attached hydrogen (secondary N) is 1. The Morgan fingerprint density at radius 2 is 2.11 bits per heavy atom. The number of nitrogens with two attached hydrogens (primary N) is 1. The highest BCUT2D eigenvalue weighted by Gasteiger charge is 2.11. The number of amides is 1. The molecular weight excluding hydrogens is 233 g/mol. The highest BCUT2D eigenvalue weighted by molar-refractivity contribution is 6.07. The number of carbonyl (C=O) groups excluding carboxylic acids is 1. The molecule has 0 aliphatic carbocycles. The molecule has 3 N–H and O–H groups in total.